The number of benzene rings is 1. The van der Waals surface area contributed by atoms with Crippen LogP contribution in [-0.2, 0) is 4.79 Å². The lowest BCUT2D eigenvalue weighted by atomic mass is 9.99. The average Bonchev–Trinajstić information content (AvgIpc) is 2.26. The zero-order valence-corrected chi connectivity index (χ0v) is 9.29. The Kier molecular flexibility index (Phi) is 4.16. The molecule has 0 aliphatic carbocycles. The van der Waals surface area contributed by atoms with Crippen molar-refractivity contribution in [1.82, 2.24) is 0 Å². The predicted molar refractivity (Wildman–Crippen MR) is 62.8 cm³/mol. The molecular weight excluding hydrogens is 188 g/mol. The van der Waals surface area contributed by atoms with Crippen LogP contribution in [0, 0.1) is 0 Å². The topological polar surface area (TPSA) is 55.1 Å². The van der Waals surface area contributed by atoms with Gasteiger partial charge >= 0.3 is 0 Å². The molecule has 0 fully saturated rings. The highest BCUT2D eigenvalue weighted by Crippen LogP contribution is 2.20. The molecule has 1 aromatic rings. The molecule has 1 aromatic carbocycles. The fourth-order valence-corrected chi connectivity index (χ4v) is 1.35. The lowest BCUT2D eigenvalue weighted by molar-refractivity contribution is -0.116. The van der Waals surface area contributed by atoms with Crippen LogP contribution in [0.5, 0.6) is 0 Å². The molecule has 1 atom stereocenters. The van der Waals surface area contributed by atoms with Crippen molar-refractivity contribution < 1.29 is 4.79 Å². The Morgan fingerprint density at radius 1 is 1.40 bits per heavy atom. The van der Waals surface area contributed by atoms with Gasteiger partial charge in [0.15, 0.2) is 0 Å². The molecule has 1 unspecified atom stereocenters. The van der Waals surface area contributed by atoms with Gasteiger partial charge in [-0.1, -0.05) is 26.0 Å². The van der Waals surface area contributed by atoms with Gasteiger partial charge in [-0.3, -0.25) is 4.79 Å². The molecule has 0 aromatic heterocycles. The summed E-state index contributed by atoms with van der Waals surface area (Å²) in [5.41, 5.74) is 7.29. The number of carbonyl (C=O) groups excluding carboxylic acids is 1. The van der Waals surface area contributed by atoms with Crippen molar-refractivity contribution in [3.05, 3.63) is 29.8 Å². The van der Waals surface area contributed by atoms with Crippen LogP contribution in [-0.4, -0.2) is 12.5 Å². The number of carbonyl (C=O) groups is 1. The fourth-order valence-electron chi connectivity index (χ4n) is 1.35. The summed E-state index contributed by atoms with van der Waals surface area (Å²) in [4.78, 5) is 10.6. The molecule has 1 amide bonds. The number of hydrogen-bond acceptors (Lipinski definition) is 2. The van der Waals surface area contributed by atoms with Gasteiger partial charge in [0.05, 0.1) is 6.54 Å². The Morgan fingerprint density at radius 3 is 2.47 bits per heavy atom. The van der Waals surface area contributed by atoms with Crippen LogP contribution < -0.4 is 11.1 Å². The first-order valence-electron chi connectivity index (χ1n) is 5.25. The third-order valence-corrected chi connectivity index (χ3v) is 2.56. The molecule has 0 saturated carbocycles. The Bertz CT molecular complexity index is 319. The predicted octanol–water partition coefficient (Wildman–Crippen LogP) is 2.10. The van der Waals surface area contributed by atoms with E-state index in [1.54, 1.807) is 0 Å². The van der Waals surface area contributed by atoms with Gasteiger partial charge in [-0.05, 0) is 30.0 Å². The lowest BCUT2D eigenvalue weighted by Crippen LogP contribution is -2.21. The summed E-state index contributed by atoms with van der Waals surface area (Å²) in [5, 5.41) is 2.95. The van der Waals surface area contributed by atoms with Crippen molar-refractivity contribution in [1.29, 1.82) is 0 Å². The second kappa shape index (κ2) is 5.39. The van der Waals surface area contributed by atoms with Crippen molar-refractivity contribution in [2.45, 2.75) is 26.2 Å². The van der Waals surface area contributed by atoms with E-state index in [4.69, 9.17) is 5.73 Å². The van der Waals surface area contributed by atoms with Gasteiger partial charge in [-0.15, -0.1) is 0 Å². The molecule has 3 nitrogen and oxygen atoms in total. The van der Waals surface area contributed by atoms with Crippen molar-refractivity contribution in [2.24, 2.45) is 5.73 Å². The summed E-state index contributed by atoms with van der Waals surface area (Å²) in [5.74, 6) is 0.233. The zero-order valence-electron chi connectivity index (χ0n) is 9.29. The van der Waals surface area contributed by atoms with E-state index in [9.17, 15) is 4.79 Å². The monoisotopic (exact) mass is 206 g/mol. The number of hydrogen-bond donors (Lipinski definition) is 2. The van der Waals surface area contributed by atoms with Crippen LogP contribution in [0.1, 0.15) is 31.7 Å². The molecule has 3 heteroatoms. The van der Waals surface area contributed by atoms with Crippen molar-refractivity contribution >= 4 is 11.6 Å². The molecule has 15 heavy (non-hydrogen) atoms. The molecule has 3 N–H and O–H groups in total. The Morgan fingerprint density at radius 2 is 2.00 bits per heavy atom. The number of nitrogens with one attached hydrogen (secondary N) is 1. The van der Waals surface area contributed by atoms with E-state index in [0.29, 0.717) is 5.92 Å². The minimum absolute atomic E-state index is 0.183. The average molecular weight is 206 g/mol. The highest BCUT2D eigenvalue weighted by molar-refractivity contribution is 5.78. The second-order valence-electron chi connectivity index (χ2n) is 3.75. The summed E-state index contributed by atoms with van der Waals surface area (Å²) in [6, 6.07) is 8.11. The van der Waals surface area contributed by atoms with E-state index in [-0.39, 0.29) is 12.5 Å². The summed E-state index contributed by atoms with van der Waals surface area (Å²) < 4.78 is 0. The van der Waals surface area contributed by atoms with E-state index >= 15 is 0 Å². The fraction of sp³-hybridized carbons (Fsp3) is 0.417. The number of amides is 1. The SMILES string of the molecule is CCC(C)c1ccc(NCC(N)=O)cc1. The Balaban J connectivity index is 2.60. The summed E-state index contributed by atoms with van der Waals surface area (Å²) in [6.07, 6.45) is 1.13. The maximum Gasteiger partial charge on any atom is 0.236 e. The van der Waals surface area contributed by atoms with Gasteiger partial charge in [0, 0.05) is 5.69 Å². The highest BCUT2D eigenvalue weighted by Gasteiger charge is 2.02. The van der Waals surface area contributed by atoms with Gasteiger partial charge in [0.2, 0.25) is 5.91 Å². The third kappa shape index (κ3) is 3.62. The first kappa shape index (κ1) is 11.6. The van der Waals surface area contributed by atoms with E-state index in [0.717, 1.165) is 12.1 Å². The summed E-state index contributed by atoms with van der Waals surface area (Å²) in [6.45, 7) is 4.55. The van der Waals surface area contributed by atoms with Crippen LogP contribution >= 0.6 is 0 Å². The van der Waals surface area contributed by atoms with Crippen LogP contribution in [0.4, 0.5) is 5.69 Å². The van der Waals surface area contributed by atoms with E-state index in [2.05, 4.69) is 31.3 Å². The quantitative estimate of drug-likeness (QED) is 0.775. The molecule has 0 heterocycles. The Labute approximate surface area is 90.7 Å². The number of rotatable bonds is 5. The van der Waals surface area contributed by atoms with Gasteiger partial charge in [0.1, 0.15) is 0 Å². The van der Waals surface area contributed by atoms with E-state index in [1.165, 1.54) is 5.56 Å². The smallest absolute Gasteiger partial charge is 0.236 e. The second-order valence-corrected chi connectivity index (χ2v) is 3.75. The third-order valence-electron chi connectivity index (χ3n) is 2.56. The lowest BCUT2D eigenvalue weighted by Gasteiger charge is -2.10. The molecule has 1 rings (SSSR count). The summed E-state index contributed by atoms with van der Waals surface area (Å²) >= 11 is 0. The largest absolute Gasteiger partial charge is 0.376 e. The zero-order chi connectivity index (χ0) is 11.3. The van der Waals surface area contributed by atoms with Crippen molar-refractivity contribution in [3.63, 3.8) is 0 Å². The Hall–Kier alpha value is -1.51. The number of primary amides is 1. The van der Waals surface area contributed by atoms with Gasteiger partial charge in [0.25, 0.3) is 0 Å². The van der Waals surface area contributed by atoms with E-state index in [1.807, 2.05) is 12.1 Å². The van der Waals surface area contributed by atoms with Crippen LogP contribution in [0.25, 0.3) is 0 Å². The summed E-state index contributed by atoms with van der Waals surface area (Å²) in [7, 11) is 0. The molecule has 0 saturated heterocycles. The molecule has 0 aliphatic rings. The van der Waals surface area contributed by atoms with Crippen LogP contribution in [0.15, 0.2) is 24.3 Å². The number of anilines is 1. The van der Waals surface area contributed by atoms with Crippen LogP contribution in [0.3, 0.4) is 0 Å². The molecule has 82 valence electrons. The molecule has 0 radical (unpaired) electrons. The minimum Gasteiger partial charge on any atom is -0.376 e. The van der Waals surface area contributed by atoms with Gasteiger partial charge in [-0.25, -0.2) is 0 Å². The van der Waals surface area contributed by atoms with E-state index < -0.39 is 0 Å². The van der Waals surface area contributed by atoms with Crippen molar-refractivity contribution in [3.8, 4) is 0 Å². The molecule has 0 spiro atoms. The maximum absolute atomic E-state index is 10.6. The maximum atomic E-state index is 10.6. The van der Waals surface area contributed by atoms with Crippen LogP contribution in [0.2, 0.25) is 0 Å². The van der Waals surface area contributed by atoms with Gasteiger partial charge < -0.3 is 11.1 Å². The standard InChI is InChI=1S/C12H18N2O/c1-3-9(2)10-4-6-11(7-5-10)14-8-12(13)15/h4-7,9,14H,3,8H2,1-2H3,(H2,13,15). The first-order valence-corrected chi connectivity index (χ1v) is 5.25. The minimum atomic E-state index is -0.346. The van der Waals surface area contributed by atoms with Crippen molar-refractivity contribution in [2.75, 3.05) is 11.9 Å². The molecule has 0 aliphatic heterocycles. The normalized spacial score (nSPS) is 12.1. The molecular formula is C12H18N2O. The van der Waals surface area contributed by atoms with Gasteiger partial charge in [-0.2, -0.15) is 0 Å². The first-order chi connectivity index (χ1) is 7.13. The molecule has 0 bridgehead atoms. The number of nitrogens with two attached hydrogens (primary N) is 1. The highest BCUT2D eigenvalue weighted by atomic mass is 16.1.